The molecule has 0 fully saturated rings. The smallest absolute Gasteiger partial charge is 0.348 e. The van der Waals surface area contributed by atoms with Gasteiger partial charge < -0.3 is 4.74 Å². The molecule has 0 aliphatic rings. The molecule has 0 amide bonds. The van der Waals surface area contributed by atoms with E-state index in [9.17, 15) is 13.2 Å². The standard InChI is InChI=1S/C13H11BrO4S2/c1-8-10(14)13(19-11(8)12(15)18-2)20(16,17)9-6-4-3-5-7-9/h3-7H,1-2H3. The molecule has 0 spiro atoms. The van der Waals surface area contributed by atoms with E-state index < -0.39 is 15.8 Å². The van der Waals surface area contributed by atoms with Crippen LogP contribution in [-0.4, -0.2) is 21.5 Å². The summed E-state index contributed by atoms with van der Waals surface area (Å²) in [5.74, 6) is -0.539. The van der Waals surface area contributed by atoms with Gasteiger partial charge in [0.15, 0.2) is 0 Å². The summed E-state index contributed by atoms with van der Waals surface area (Å²) in [4.78, 5) is 12.1. The quantitative estimate of drug-likeness (QED) is 0.772. The highest BCUT2D eigenvalue weighted by molar-refractivity contribution is 9.10. The predicted molar refractivity (Wildman–Crippen MR) is 80.0 cm³/mol. The van der Waals surface area contributed by atoms with E-state index >= 15 is 0 Å². The van der Waals surface area contributed by atoms with E-state index in [1.54, 1.807) is 25.1 Å². The molecule has 20 heavy (non-hydrogen) atoms. The molecule has 0 saturated carbocycles. The van der Waals surface area contributed by atoms with Crippen LogP contribution in [0.5, 0.6) is 0 Å². The summed E-state index contributed by atoms with van der Waals surface area (Å²) < 4.78 is 30.3. The summed E-state index contributed by atoms with van der Waals surface area (Å²) in [5.41, 5.74) is 0.566. The third-order valence-electron chi connectivity index (χ3n) is 2.71. The molecule has 0 N–H and O–H groups in total. The Bertz CT molecular complexity index is 748. The summed E-state index contributed by atoms with van der Waals surface area (Å²) >= 11 is 4.17. The summed E-state index contributed by atoms with van der Waals surface area (Å²) in [6.45, 7) is 1.68. The van der Waals surface area contributed by atoms with Gasteiger partial charge in [-0.05, 0) is 40.5 Å². The SMILES string of the molecule is COC(=O)c1sc(S(=O)(=O)c2ccccc2)c(Br)c1C. The van der Waals surface area contributed by atoms with E-state index in [0.29, 0.717) is 10.0 Å². The predicted octanol–water partition coefficient (Wildman–Crippen LogP) is 3.44. The Morgan fingerprint density at radius 1 is 1.25 bits per heavy atom. The molecule has 0 radical (unpaired) electrons. The summed E-state index contributed by atoms with van der Waals surface area (Å²) in [6, 6.07) is 8.10. The van der Waals surface area contributed by atoms with E-state index in [0.717, 1.165) is 11.3 Å². The Morgan fingerprint density at radius 2 is 1.85 bits per heavy atom. The first-order chi connectivity index (χ1) is 9.39. The van der Waals surface area contributed by atoms with Crippen molar-refractivity contribution in [3.8, 4) is 0 Å². The first-order valence-corrected chi connectivity index (χ1v) is 8.66. The van der Waals surface area contributed by atoms with Gasteiger partial charge in [0.25, 0.3) is 0 Å². The minimum Gasteiger partial charge on any atom is -0.465 e. The molecule has 1 aromatic carbocycles. The highest BCUT2D eigenvalue weighted by Crippen LogP contribution is 2.39. The molecule has 2 aromatic rings. The minimum absolute atomic E-state index is 0.113. The van der Waals surface area contributed by atoms with Gasteiger partial charge in [-0.15, -0.1) is 11.3 Å². The van der Waals surface area contributed by atoms with Crippen molar-refractivity contribution in [1.82, 2.24) is 0 Å². The summed E-state index contributed by atoms with van der Waals surface area (Å²) in [7, 11) is -2.38. The number of sulfone groups is 1. The fourth-order valence-corrected chi connectivity index (χ4v) is 5.79. The third kappa shape index (κ3) is 2.53. The number of carbonyl (C=O) groups excluding carboxylic acids is 1. The molecular formula is C13H11BrO4S2. The molecule has 0 aliphatic heterocycles. The van der Waals surface area contributed by atoms with Crippen molar-refractivity contribution in [1.29, 1.82) is 0 Å². The van der Waals surface area contributed by atoms with Gasteiger partial charge in [0, 0.05) is 0 Å². The monoisotopic (exact) mass is 374 g/mol. The van der Waals surface area contributed by atoms with Gasteiger partial charge in [-0.3, -0.25) is 0 Å². The van der Waals surface area contributed by atoms with E-state index in [1.807, 2.05) is 0 Å². The Kier molecular flexibility index (Phi) is 4.31. The highest BCUT2D eigenvalue weighted by atomic mass is 79.9. The van der Waals surface area contributed by atoms with Crippen LogP contribution in [0.25, 0.3) is 0 Å². The second-order valence-electron chi connectivity index (χ2n) is 3.97. The zero-order chi connectivity index (χ0) is 14.9. The maximum Gasteiger partial charge on any atom is 0.348 e. The molecule has 0 aliphatic carbocycles. The molecule has 106 valence electrons. The number of hydrogen-bond donors (Lipinski definition) is 0. The van der Waals surface area contributed by atoms with Gasteiger partial charge in [0.05, 0.1) is 16.5 Å². The van der Waals surface area contributed by atoms with Crippen LogP contribution in [-0.2, 0) is 14.6 Å². The topological polar surface area (TPSA) is 60.4 Å². The van der Waals surface area contributed by atoms with Crippen LogP contribution in [0.1, 0.15) is 15.2 Å². The number of esters is 1. The van der Waals surface area contributed by atoms with Crippen LogP contribution in [0.15, 0.2) is 43.9 Å². The molecule has 2 rings (SSSR count). The lowest BCUT2D eigenvalue weighted by molar-refractivity contribution is 0.0605. The van der Waals surface area contributed by atoms with Gasteiger partial charge in [-0.25, -0.2) is 13.2 Å². The van der Waals surface area contributed by atoms with Crippen LogP contribution < -0.4 is 0 Å². The Labute approximate surface area is 129 Å². The van der Waals surface area contributed by atoms with Crippen molar-refractivity contribution < 1.29 is 17.9 Å². The molecule has 0 saturated heterocycles. The summed E-state index contributed by atoms with van der Waals surface area (Å²) in [6.07, 6.45) is 0. The molecule has 0 bridgehead atoms. The Morgan fingerprint density at radius 3 is 2.40 bits per heavy atom. The molecule has 0 atom stereocenters. The number of ether oxygens (including phenoxy) is 1. The number of carbonyl (C=O) groups is 1. The minimum atomic E-state index is -3.65. The molecular weight excluding hydrogens is 364 g/mol. The zero-order valence-electron chi connectivity index (χ0n) is 10.7. The molecule has 0 unspecified atom stereocenters. The van der Waals surface area contributed by atoms with Crippen molar-refractivity contribution in [2.75, 3.05) is 7.11 Å². The second-order valence-corrected chi connectivity index (χ2v) is 7.92. The third-order valence-corrected chi connectivity index (χ3v) is 7.79. The lowest BCUT2D eigenvalue weighted by atomic mass is 10.3. The van der Waals surface area contributed by atoms with Crippen molar-refractivity contribution in [2.24, 2.45) is 0 Å². The lowest BCUT2D eigenvalue weighted by Crippen LogP contribution is -2.00. The second kappa shape index (κ2) is 5.67. The van der Waals surface area contributed by atoms with Gasteiger partial charge in [-0.2, -0.15) is 0 Å². The Balaban J connectivity index is 2.63. The van der Waals surface area contributed by atoms with E-state index in [2.05, 4.69) is 20.7 Å². The molecule has 1 heterocycles. The zero-order valence-corrected chi connectivity index (χ0v) is 13.9. The number of halogens is 1. The van der Waals surface area contributed by atoms with Crippen molar-refractivity contribution in [3.63, 3.8) is 0 Å². The van der Waals surface area contributed by atoms with Crippen LogP contribution >= 0.6 is 27.3 Å². The average molecular weight is 375 g/mol. The van der Waals surface area contributed by atoms with E-state index in [-0.39, 0.29) is 14.0 Å². The number of benzene rings is 1. The van der Waals surface area contributed by atoms with Gasteiger partial charge in [0.2, 0.25) is 9.84 Å². The molecule has 4 nitrogen and oxygen atoms in total. The van der Waals surface area contributed by atoms with E-state index in [4.69, 9.17) is 0 Å². The molecule has 7 heteroatoms. The van der Waals surface area contributed by atoms with Crippen LogP contribution in [0.2, 0.25) is 0 Å². The maximum absolute atomic E-state index is 12.6. The highest BCUT2D eigenvalue weighted by Gasteiger charge is 2.28. The van der Waals surface area contributed by atoms with Crippen LogP contribution in [0, 0.1) is 6.92 Å². The number of methoxy groups -OCH3 is 1. The lowest BCUT2D eigenvalue weighted by Gasteiger charge is -2.02. The number of rotatable bonds is 3. The van der Waals surface area contributed by atoms with Crippen LogP contribution in [0.4, 0.5) is 0 Å². The number of hydrogen-bond acceptors (Lipinski definition) is 5. The average Bonchev–Trinajstić information content (AvgIpc) is 2.76. The van der Waals surface area contributed by atoms with Gasteiger partial charge >= 0.3 is 5.97 Å². The number of thiophene rings is 1. The van der Waals surface area contributed by atoms with Crippen LogP contribution in [0.3, 0.4) is 0 Å². The first kappa shape index (κ1) is 15.2. The van der Waals surface area contributed by atoms with E-state index in [1.165, 1.54) is 19.2 Å². The normalized spacial score (nSPS) is 11.3. The van der Waals surface area contributed by atoms with Crippen molar-refractivity contribution in [3.05, 3.63) is 45.2 Å². The molecule has 1 aromatic heterocycles. The van der Waals surface area contributed by atoms with Crippen molar-refractivity contribution >= 4 is 43.1 Å². The first-order valence-electron chi connectivity index (χ1n) is 5.57. The largest absolute Gasteiger partial charge is 0.465 e. The fourth-order valence-electron chi connectivity index (χ4n) is 1.63. The fraction of sp³-hybridized carbons (Fsp3) is 0.154. The van der Waals surface area contributed by atoms with Crippen molar-refractivity contribution in [2.45, 2.75) is 16.0 Å². The Hall–Kier alpha value is -1.18. The maximum atomic E-state index is 12.6. The van der Waals surface area contributed by atoms with Gasteiger partial charge in [-0.1, -0.05) is 18.2 Å². The summed E-state index contributed by atoms with van der Waals surface area (Å²) in [5, 5.41) is 0. The van der Waals surface area contributed by atoms with Gasteiger partial charge in [0.1, 0.15) is 9.09 Å².